The number of ether oxygens (including phenoxy) is 1. The van der Waals surface area contributed by atoms with E-state index >= 15 is 0 Å². The van der Waals surface area contributed by atoms with E-state index in [2.05, 4.69) is 0 Å². The van der Waals surface area contributed by atoms with Gasteiger partial charge in [0, 0.05) is 26.2 Å². The molecule has 188 valence electrons. The molecule has 1 saturated heterocycles. The molecule has 33 heavy (non-hydrogen) atoms. The van der Waals surface area contributed by atoms with Crippen molar-refractivity contribution in [1.29, 1.82) is 0 Å². The number of unbranched alkanes of at least 4 members (excludes halogenated alkanes) is 1. The zero-order chi connectivity index (χ0) is 23.6. The normalized spacial score (nSPS) is 15.0. The minimum absolute atomic E-state index is 0. The van der Waals surface area contributed by atoms with Crippen LogP contribution in [0, 0.1) is 0 Å². The Bertz CT molecular complexity index is 777. The van der Waals surface area contributed by atoms with Crippen molar-refractivity contribution in [3.63, 3.8) is 0 Å². The number of halogens is 1. The van der Waals surface area contributed by atoms with E-state index in [4.69, 9.17) is 19.5 Å². The fourth-order valence-electron chi connectivity index (χ4n) is 3.42. The number of carbonyl (C=O) groups is 2. The van der Waals surface area contributed by atoms with E-state index in [0.717, 1.165) is 18.4 Å². The molecule has 0 aliphatic carbocycles. The van der Waals surface area contributed by atoms with Crippen LogP contribution in [0.4, 0.5) is 4.79 Å². The van der Waals surface area contributed by atoms with Gasteiger partial charge in [-0.3, -0.25) is 9.36 Å². The van der Waals surface area contributed by atoms with Gasteiger partial charge in [-0.2, -0.15) is 0 Å². The zero-order valence-electron chi connectivity index (χ0n) is 19.7. The SMILES string of the molecule is CCCCOC(=O)N1CCN(C(=O)[C@@H](N)Cc2ccc(P(=O)(OCC)OCC)cc2)CC1.Cl. The predicted molar refractivity (Wildman–Crippen MR) is 130 cm³/mol. The van der Waals surface area contributed by atoms with Gasteiger partial charge >= 0.3 is 13.7 Å². The summed E-state index contributed by atoms with van der Waals surface area (Å²) in [5, 5.41) is 0.479. The summed E-state index contributed by atoms with van der Waals surface area (Å²) < 4.78 is 28.8. The summed E-state index contributed by atoms with van der Waals surface area (Å²) in [6.45, 7) is 8.27. The third-order valence-corrected chi connectivity index (χ3v) is 7.32. The fraction of sp³-hybridized carbons (Fsp3) is 0.636. The fourth-order valence-corrected chi connectivity index (χ4v) is 4.99. The zero-order valence-corrected chi connectivity index (χ0v) is 21.4. The van der Waals surface area contributed by atoms with Crippen molar-refractivity contribution in [2.75, 3.05) is 46.0 Å². The molecule has 2 amide bonds. The lowest BCUT2D eigenvalue weighted by molar-refractivity contribution is -0.134. The highest BCUT2D eigenvalue weighted by Crippen LogP contribution is 2.46. The van der Waals surface area contributed by atoms with Gasteiger partial charge in [-0.1, -0.05) is 25.5 Å². The standard InChI is InChI=1S/C22H36N3O6P.ClH/c1-4-7-16-29-22(27)25-14-12-24(13-15-25)21(26)20(23)17-18-8-10-19(11-9-18)32(28,30-5-2)31-6-3;/h8-11,20H,4-7,12-17,23H2,1-3H3;1H/t20-;/m0./s1. The van der Waals surface area contributed by atoms with E-state index < -0.39 is 13.6 Å². The monoisotopic (exact) mass is 505 g/mol. The highest BCUT2D eigenvalue weighted by molar-refractivity contribution is 7.62. The van der Waals surface area contributed by atoms with Crippen molar-refractivity contribution in [3.05, 3.63) is 29.8 Å². The topological polar surface area (TPSA) is 111 Å². The number of rotatable bonds is 11. The van der Waals surface area contributed by atoms with Crippen LogP contribution < -0.4 is 11.0 Å². The highest BCUT2D eigenvalue weighted by atomic mass is 35.5. The summed E-state index contributed by atoms with van der Waals surface area (Å²) in [6.07, 6.45) is 1.83. The van der Waals surface area contributed by atoms with Crippen molar-refractivity contribution in [2.24, 2.45) is 5.73 Å². The largest absolute Gasteiger partial charge is 0.449 e. The summed E-state index contributed by atoms with van der Waals surface area (Å²) in [5.74, 6) is -0.151. The second-order valence-corrected chi connectivity index (χ2v) is 9.62. The number of nitrogens with two attached hydrogens (primary N) is 1. The molecule has 1 aromatic carbocycles. The Kier molecular flexibility index (Phi) is 13.0. The smallest absolute Gasteiger partial charge is 0.409 e. The summed E-state index contributed by atoms with van der Waals surface area (Å²) in [6, 6.07) is 6.27. The number of hydrogen-bond donors (Lipinski definition) is 1. The summed E-state index contributed by atoms with van der Waals surface area (Å²) >= 11 is 0. The molecule has 0 bridgehead atoms. The minimum Gasteiger partial charge on any atom is -0.449 e. The van der Waals surface area contributed by atoms with Crippen LogP contribution in [-0.2, 0) is 29.6 Å². The maximum Gasteiger partial charge on any atom is 0.409 e. The second-order valence-electron chi connectivity index (χ2n) is 7.59. The van der Waals surface area contributed by atoms with E-state index in [1.807, 2.05) is 6.92 Å². The Balaban J connectivity index is 0.00000544. The van der Waals surface area contributed by atoms with E-state index in [-0.39, 0.29) is 37.6 Å². The van der Waals surface area contributed by atoms with Crippen LogP contribution in [0.1, 0.15) is 39.2 Å². The molecular formula is C22H37ClN3O6P. The first kappa shape index (κ1) is 29.4. The molecule has 1 atom stereocenters. The van der Waals surface area contributed by atoms with Crippen LogP contribution in [0.2, 0.25) is 0 Å². The Morgan fingerprint density at radius 3 is 2.06 bits per heavy atom. The quantitative estimate of drug-likeness (QED) is 0.363. The van der Waals surface area contributed by atoms with Gasteiger partial charge in [-0.25, -0.2) is 4.79 Å². The molecule has 1 aromatic rings. The molecule has 1 heterocycles. The number of carbonyl (C=O) groups excluding carboxylic acids is 2. The van der Waals surface area contributed by atoms with Gasteiger partial charge in [0.25, 0.3) is 0 Å². The minimum atomic E-state index is -3.34. The third-order valence-electron chi connectivity index (χ3n) is 5.20. The number of nitrogens with zero attached hydrogens (tertiary/aromatic N) is 2. The Labute approximate surface area is 202 Å². The van der Waals surface area contributed by atoms with Gasteiger partial charge in [0.1, 0.15) is 0 Å². The van der Waals surface area contributed by atoms with Crippen molar-refractivity contribution >= 4 is 37.3 Å². The number of benzene rings is 1. The van der Waals surface area contributed by atoms with Gasteiger partial charge in [-0.15, -0.1) is 12.4 Å². The third kappa shape index (κ3) is 8.58. The number of amides is 2. The summed E-state index contributed by atoms with van der Waals surface area (Å²) in [7, 11) is -3.34. The summed E-state index contributed by atoms with van der Waals surface area (Å²) in [4.78, 5) is 28.1. The number of hydrogen-bond acceptors (Lipinski definition) is 7. The molecule has 1 aliphatic heterocycles. The van der Waals surface area contributed by atoms with Gasteiger partial charge < -0.3 is 29.3 Å². The van der Waals surface area contributed by atoms with Crippen LogP contribution in [0.15, 0.2) is 24.3 Å². The molecule has 0 unspecified atom stereocenters. The lowest BCUT2D eigenvalue weighted by Gasteiger charge is -2.35. The molecule has 11 heteroatoms. The predicted octanol–water partition coefficient (Wildman–Crippen LogP) is 2.95. The molecule has 1 fully saturated rings. The van der Waals surface area contributed by atoms with Crippen molar-refractivity contribution in [3.8, 4) is 0 Å². The summed E-state index contributed by atoms with van der Waals surface area (Å²) in [5.41, 5.74) is 7.03. The maximum atomic E-state index is 12.8. The van der Waals surface area contributed by atoms with E-state index in [9.17, 15) is 14.2 Å². The van der Waals surface area contributed by atoms with Crippen LogP contribution >= 0.6 is 20.0 Å². The van der Waals surface area contributed by atoms with Crippen LogP contribution in [0.25, 0.3) is 0 Å². The molecule has 0 aromatic heterocycles. The Morgan fingerprint density at radius 1 is 1.00 bits per heavy atom. The molecule has 2 rings (SSSR count). The maximum absolute atomic E-state index is 12.8. The van der Waals surface area contributed by atoms with Crippen LogP contribution in [0.5, 0.6) is 0 Å². The van der Waals surface area contributed by atoms with Crippen molar-refractivity contribution in [2.45, 2.75) is 46.1 Å². The first-order valence-electron chi connectivity index (χ1n) is 11.3. The Hall–Kier alpha value is -1.64. The van der Waals surface area contributed by atoms with Crippen LogP contribution in [-0.4, -0.2) is 73.8 Å². The lowest BCUT2D eigenvalue weighted by Crippen LogP contribution is -2.54. The van der Waals surface area contributed by atoms with Gasteiger partial charge in [0.15, 0.2) is 0 Å². The lowest BCUT2D eigenvalue weighted by atomic mass is 10.1. The molecule has 1 aliphatic rings. The van der Waals surface area contributed by atoms with Crippen LogP contribution in [0.3, 0.4) is 0 Å². The van der Waals surface area contributed by atoms with E-state index in [1.54, 1.807) is 47.9 Å². The van der Waals surface area contributed by atoms with Crippen molar-refractivity contribution in [1.82, 2.24) is 9.80 Å². The first-order valence-corrected chi connectivity index (χ1v) is 12.8. The molecule has 2 N–H and O–H groups in total. The number of piperazine rings is 1. The van der Waals surface area contributed by atoms with Gasteiger partial charge in [-0.05, 0) is 44.4 Å². The molecular weight excluding hydrogens is 469 g/mol. The molecule has 0 saturated carbocycles. The average Bonchev–Trinajstić information content (AvgIpc) is 2.79. The molecule has 0 radical (unpaired) electrons. The highest BCUT2D eigenvalue weighted by Gasteiger charge is 2.29. The first-order chi connectivity index (χ1) is 15.3. The van der Waals surface area contributed by atoms with Gasteiger partial charge in [0.05, 0.1) is 31.2 Å². The molecule has 0 spiro atoms. The second kappa shape index (κ2) is 14.6. The van der Waals surface area contributed by atoms with Crippen molar-refractivity contribution < 1.29 is 27.9 Å². The average molecular weight is 506 g/mol. The Morgan fingerprint density at radius 2 is 1.55 bits per heavy atom. The molecule has 9 nitrogen and oxygen atoms in total. The van der Waals surface area contributed by atoms with E-state index in [0.29, 0.717) is 44.5 Å². The van der Waals surface area contributed by atoms with Gasteiger partial charge in [0.2, 0.25) is 5.91 Å². The van der Waals surface area contributed by atoms with E-state index in [1.165, 1.54) is 0 Å².